The molecule has 0 unspecified atom stereocenters. The molecule has 34 heavy (non-hydrogen) atoms. The first-order valence-electron chi connectivity index (χ1n) is 10.8. The number of carbonyl (C=O) groups is 1. The standard InChI is InChI=1S/C23H23F4N5O2/c1-2-30-8-10-31(11-9-30)23(33)32(18-5-3-4-17(24)13-18)14-16-7-6-15(12-19(16)25)21-28-29-22(34-21)20(26)27/h3-7,12-13,20H,2,8-11,14H2,1H3. The Labute approximate surface area is 193 Å². The Kier molecular flexibility index (Phi) is 7.11. The Morgan fingerprint density at radius 1 is 1.09 bits per heavy atom. The van der Waals surface area contributed by atoms with Crippen molar-refractivity contribution in [2.45, 2.75) is 19.9 Å². The number of anilines is 1. The molecule has 11 heteroatoms. The van der Waals surface area contributed by atoms with Crippen molar-refractivity contribution < 1.29 is 26.8 Å². The molecular formula is C23H23F4N5O2. The summed E-state index contributed by atoms with van der Waals surface area (Å²) in [6.45, 7) is 5.21. The number of carbonyl (C=O) groups excluding carboxylic acids is 1. The van der Waals surface area contributed by atoms with Crippen LogP contribution in [0.5, 0.6) is 0 Å². The molecule has 2 aromatic carbocycles. The zero-order chi connectivity index (χ0) is 24.2. The van der Waals surface area contributed by atoms with E-state index in [2.05, 4.69) is 15.1 Å². The van der Waals surface area contributed by atoms with Crippen LogP contribution >= 0.6 is 0 Å². The van der Waals surface area contributed by atoms with Gasteiger partial charge < -0.3 is 14.2 Å². The number of benzene rings is 2. The van der Waals surface area contributed by atoms with Gasteiger partial charge in [0.1, 0.15) is 11.6 Å². The van der Waals surface area contributed by atoms with Crippen LogP contribution in [0.15, 0.2) is 46.9 Å². The van der Waals surface area contributed by atoms with Gasteiger partial charge in [0.15, 0.2) is 0 Å². The number of rotatable bonds is 6. The van der Waals surface area contributed by atoms with E-state index in [1.807, 2.05) is 6.92 Å². The molecule has 1 aliphatic rings. The molecule has 4 rings (SSSR count). The van der Waals surface area contributed by atoms with Gasteiger partial charge in [-0.25, -0.2) is 13.6 Å². The molecule has 2 amide bonds. The summed E-state index contributed by atoms with van der Waals surface area (Å²) in [6, 6.07) is 9.11. The molecule has 180 valence electrons. The van der Waals surface area contributed by atoms with Crippen molar-refractivity contribution in [1.29, 1.82) is 0 Å². The average Bonchev–Trinajstić information content (AvgIpc) is 3.34. The quantitative estimate of drug-likeness (QED) is 0.481. The van der Waals surface area contributed by atoms with Crippen molar-refractivity contribution in [2.24, 2.45) is 0 Å². The maximum Gasteiger partial charge on any atom is 0.324 e. The Balaban J connectivity index is 1.59. The lowest BCUT2D eigenvalue weighted by atomic mass is 10.1. The summed E-state index contributed by atoms with van der Waals surface area (Å²) in [4.78, 5) is 18.6. The van der Waals surface area contributed by atoms with Crippen LogP contribution in [0.3, 0.4) is 0 Å². The van der Waals surface area contributed by atoms with Crippen molar-refractivity contribution in [3.63, 3.8) is 0 Å². The van der Waals surface area contributed by atoms with Gasteiger partial charge in [0.2, 0.25) is 5.89 Å². The summed E-state index contributed by atoms with van der Waals surface area (Å²) in [7, 11) is 0. The normalized spacial score (nSPS) is 14.6. The molecule has 3 aromatic rings. The van der Waals surface area contributed by atoms with Crippen LogP contribution < -0.4 is 4.90 Å². The number of alkyl halides is 2. The number of urea groups is 1. The highest BCUT2D eigenvalue weighted by atomic mass is 19.3. The first kappa shape index (κ1) is 23.7. The van der Waals surface area contributed by atoms with E-state index in [0.717, 1.165) is 12.6 Å². The highest BCUT2D eigenvalue weighted by molar-refractivity contribution is 5.92. The first-order valence-corrected chi connectivity index (χ1v) is 10.8. The summed E-state index contributed by atoms with van der Waals surface area (Å²) in [5.74, 6) is -2.31. The number of amides is 2. The second-order valence-corrected chi connectivity index (χ2v) is 7.82. The third-order valence-corrected chi connectivity index (χ3v) is 5.70. The predicted octanol–water partition coefficient (Wildman–Crippen LogP) is 4.72. The fraction of sp³-hybridized carbons (Fsp3) is 0.348. The molecule has 0 radical (unpaired) electrons. The predicted molar refractivity (Wildman–Crippen MR) is 116 cm³/mol. The minimum absolute atomic E-state index is 0.125. The van der Waals surface area contributed by atoms with Crippen molar-refractivity contribution in [3.8, 4) is 11.5 Å². The Bertz CT molecular complexity index is 1150. The molecule has 0 bridgehead atoms. The maximum absolute atomic E-state index is 15.0. The second kappa shape index (κ2) is 10.2. The zero-order valence-corrected chi connectivity index (χ0v) is 18.4. The molecular weight excluding hydrogens is 454 g/mol. The number of aromatic nitrogens is 2. The molecule has 0 N–H and O–H groups in total. The summed E-state index contributed by atoms with van der Waals surface area (Å²) in [6.07, 6.45) is -2.93. The van der Waals surface area contributed by atoms with Crippen LogP contribution in [-0.2, 0) is 6.54 Å². The molecule has 2 heterocycles. The SMILES string of the molecule is CCN1CCN(C(=O)N(Cc2ccc(-c3nnc(C(F)F)o3)cc2F)c2cccc(F)c2)CC1. The van der Waals surface area contributed by atoms with Gasteiger partial charge in [-0.05, 0) is 36.9 Å². The number of hydrogen-bond acceptors (Lipinski definition) is 5. The number of piperazine rings is 1. The molecule has 1 saturated heterocycles. The lowest BCUT2D eigenvalue weighted by molar-refractivity contribution is 0.116. The van der Waals surface area contributed by atoms with Gasteiger partial charge in [0.05, 0.1) is 6.54 Å². The van der Waals surface area contributed by atoms with Crippen molar-refractivity contribution in [1.82, 2.24) is 20.0 Å². The Hall–Kier alpha value is -3.47. The maximum atomic E-state index is 15.0. The summed E-state index contributed by atoms with van der Waals surface area (Å²) >= 11 is 0. The topological polar surface area (TPSA) is 65.7 Å². The molecule has 0 saturated carbocycles. The monoisotopic (exact) mass is 477 g/mol. The van der Waals surface area contributed by atoms with Crippen LogP contribution in [0.1, 0.15) is 24.8 Å². The van der Waals surface area contributed by atoms with E-state index in [9.17, 15) is 22.4 Å². The fourth-order valence-electron chi connectivity index (χ4n) is 3.76. The van der Waals surface area contributed by atoms with Gasteiger partial charge in [-0.3, -0.25) is 4.90 Å². The number of hydrogen-bond donors (Lipinski definition) is 0. The average molecular weight is 477 g/mol. The molecule has 7 nitrogen and oxygen atoms in total. The number of halogens is 4. The number of likely N-dealkylation sites (N-methyl/N-ethyl adjacent to an activating group) is 1. The number of nitrogens with zero attached hydrogens (tertiary/aromatic N) is 5. The van der Waals surface area contributed by atoms with Gasteiger partial charge in [0.25, 0.3) is 5.89 Å². The molecule has 0 spiro atoms. The smallest absolute Gasteiger partial charge is 0.324 e. The van der Waals surface area contributed by atoms with E-state index < -0.39 is 24.0 Å². The lowest BCUT2D eigenvalue weighted by Gasteiger charge is -2.37. The minimum atomic E-state index is -2.93. The van der Waals surface area contributed by atoms with Crippen molar-refractivity contribution in [2.75, 3.05) is 37.6 Å². The van der Waals surface area contributed by atoms with E-state index >= 15 is 0 Å². The Morgan fingerprint density at radius 3 is 2.47 bits per heavy atom. The summed E-state index contributed by atoms with van der Waals surface area (Å²) in [5, 5.41) is 6.76. The molecule has 1 fully saturated rings. The van der Waals surface area contributed by atoms with Gasteiger partial charge in [-0.2, -0.15) is 8.78 Å². The summed E-state index contributed by atoms with van der Waals surface area (Å²) in [5.41, 5.74) is 0.576. The van der Waals surface area contributed by atoms with Gasteiger partial charge in [0, 0.05) is 43.0 Å². The van der Waals surface area contributed by atoms with Gasteiger partial charge in [-0.15, -0.1) is 10.2 Å². The van der Waals surface area contributed by atoms with Crippen LogP contribution in [0.25, 0.3) is 11.5 Å². The van der Waals surface area contributed by atoms with E-state index in [1.165, 1.54) is 35.2 Å². The molecule has 1 aromatic heterocycles. The highest BCUT2D eigenvalue weighted by Crippen LogP contribution is 2.27. The van der Waals surface area contributed by atoms with E-state index in [1.54, 1.807) is 11.0 Å². The van der Waals surface area contributed by atoms with Gasteiger partial charge >= 0.3 is 12.5 Å². The molecule has 0 atom stereocenters. The largest absolute Gasteiger partial charge is 0.415 e. The lowest BCUT2D eigenvalue weighted by Crippen LogP contribution is -2.52. The second-order valence-electron chi connectivity index (χ2n) is 7.82. The highest BCUT2D eigenvalue weighted by Gasteiger charge is 2.27. The fourth-order valence-corrected chi connectivity index (χ4v) is 3.76. The van der Waals surface area contributed by atoms with Crippen LogP contribution in [0.4, 0.5) is 28.0 Å². The van der Waals surface area contributed by atoms with Crippen LogP contribution in [0, 0.1) is 11.6 Å². The third kappa shape index (κ3) is 5.19. The zero-order valence-electron chi connectivity index (χ0n) is 18.4. The van der Waals surface area contributed by atoms with E-state index in [-0.39, 0.29) is 29.6 Å². The van der Waals surface area contributed by atoms with Crippen LogP contribution in [0.2, 0.25) is 0 Å². The first-order chi connectivity index (χ1) is 16.4. The van der Waals surface area contributed by atoms with E-state index in [4.69, 9.17) is 4.42 Å². The van der Waals surface area contributed by atoms with Crippen LogP contribution in [-0.4, -0.2) is 58.8 Å². The van der Waals surface area contributed by atoms with E-state index in [0.29, 0.717) is 31.9 Å². The third-order valence-electron chi connectivity index (χ3n) is 5.70. The van der Waals surface area contributed by atoms with Gasteiger partial charge in [-0.1, -0.05) is 19.1 Å². The Morgan fingerprint density at radius 2 is 1.85 bits per heavy atom. The van der Waals surface area contributed by atoms with Crippen molar-refractivity contribution in [3.05, 3.63) is 65.6 Å². The summed E-state index contributed by atoms with van der Waals surface area (Å²) < 4.78 is 59.2. The molecule has 0 aliphatic carbocycles. The van der Waals surface area contributed by atoms with Crippen molar-refractivity contribution >= 4 is 11.7 Å². The molecule has 1 aliphatic heterocycles. The minimum Gasteiger partial charge on any atom is -0.415 e.